The van der Waals surface area contributed by atoms with Gasteiger partial charge >= 0.3 is 5.97 Å². The van der Waals surface area contributed by atoms with Gasteiger partial charge in [0, 0.05) is 6.07 Å². The lowest BCUT2D eigenvalue weighted by atomic mass is 10.2. The Bertz CT molecular complexity index is 654. The van der Waals surface area contributed by atoms with Crippen molar-refractivity contribution < 1.29 is 23.4 Å². The van der Waals surface area contributed by atoms with E-state index >= 15 is 0 Å². The highest BCUT2D eigenvalue weighted by molar-refractivity contribution is 5.91. The molecule has 102 valence electrons. The molecule has 0 atom stereocenters. The van der Waals surface area contributed by atoms with Crippen LogP contribution in [0.4, 0.5) is 4.39 Å². The molecule has 5 heteroatoms. The number of fused-ring (bicyclic) bond motifs is 1. The van der Waals surface area contributed by atoms with Gasteiger partial charge in [0.2, 0.25) is 0 Å². The topological polar surface area (TPSA) is 44.8 Å². The molecule has 0 bridgehead atoms. The van der Waals surface area contributed by atoms with Crippen LogP contribution in [0.25, 0.3) is 0 Å². The van der Waals surface area contributed by atoms with Crippen LogP contribution in [0, 0.1) is 5.82 Å². The van der Waals surface area contributed by atoms with E-state index in [9.17, 15) is 9.18 Å². The van der Waals surface area contributed by atoms with Crippen molar-refractivity contribution in [2.45, 2.75) is 0 Å². The molecule has 1 aliphatic heterocycles. The number of rotatable bonds is 2. The standard InChI is InChI=1S/C15H11FO4/c16-12-4-2-1-3-11(12)15(17)20-10-5-6-13-14(9-10)19-8-7-18-13/h1-6,9H,7-8H2. The van der Waals surface area contributed by atoms with E-state index in [1.807, 2.05) is 0 Å². The molecule has 0 aliphatic carbocycles. The van der Waals surface area contributed by atoms with Gasteiger partial charge in [-0.25, -0.2) is 9.18 Å². The first kappa shape index (κ1) is 12.5. The van der Waals surface area contributed by atoms with Crippen molar-refractivity contribution in [1.29, 1.82) is 0 Å². The Hall–Kier alpha value is -2.56. The van der Waals surface area contributed by atoms with Crippen LogP contribution in [0.3, 0.4) is 0 Å². The van der Waals surface area contributed by atoms with E-state index in [1.165, 1.54) is 18.2 Å². The zero-order valence-electron chi connectivity index (χ0n) is 10.5. The number of carbonyl (C=O) groups excluding carboxylic acids is 1. The summed E-state index contributed by atoms with van der Waals surface area (Å²) >= 11 is 0. The molecule has 1 heterocycles. The molecule has 0 N–H and O–H groups in total. The predicted molar refractivity (Wildman–Crippen MR) is 68.8 cm³/mol. The largest absolute Gasteiger partial charge is 0.486 e. The van der Waals surface area contributed by atoms with Crippen molar-refractivity contribution >= 4 is 5.97 Å². The van der Waals surface area contributed by atoms with Crippen LogP contribution in [-0.4, -0.2) is 19.2 Å². The van der Waals surface area contributed by atoms with E-state index in [2.05, 4.69) is 0 Å². The third-order valence-electron chi connectivity index (χ3n) is 2.82. The highest BCUT2D eigenvalue weighted by Crippen LogP contribution is 2.33. The van der Waals surface area contributed by atoms with Gasteiger partial charge in [-0.05, 0) is 24.3 Å². The molecule has 0 unspecified atom stereocenters. The summed E-state index contributed by atoms with van der Waals surface area (Å²) in [6, 6.07) is 10.4. The zero-order valence-corrected chi connectivity index (χ0v) is 10.5. The molecule has 2 aromatic rings. The molecule has 0 amide bonds. The monoisotopic (exact) mass is 274 g/mol. The first-order valence-corrected chi connectivity index (χ1v) is 6.10. The molecular formula is C15H11FO4. The number of halogens is 1. The molecule has 2 aromatic carbocycles. The van der Waals surface area contributed by atoms with Crippen molar-refractivity contribution in [2.24, 2.45) is 0 Å². The molecule has 4 nitrogen and oxygen atoms in total. The number of hydrogen-bond acceptors (Lipinski definition) is 4. The van der Waals surface area contributed by atoms with Crippen LogP contribution in [0.15, 0.2) is 42.5 Å². The minimum atomic E-state index is -0.750. The van der Waals surface area contributed by atoms with E-state index in [1.54, 1.807) is 24.3 Å². The number of carbonyl (C=O) groups is 1. The van der Waals surface area contributed by atoms with Crippen LogP contribution in [-0.2, 0) is 0 Å². The van der Waals surface area contributed by atoms with Crippen LogP contribution < -0.4 is 14.2 Å². The van der Waals surface area contributed by atoms with Crippen molar-refractivity contribution in [3.05, 3.63) is 53.8 Å². The van der Waals surface area contributed by atoms with Gasteiger partial charge in [-0.3, -0.25) is 0 Å². The first-order valence-electron chi connectivity index (χ1n) is 6.10. The van der Waals surface area contributed by atoms with Crippen LogP contribution in [0.2, 0.25) is 0 Å². The summed E-state index contributed by atoms with van der Waals surface area (Å²) in [5, 5.41) is 0. The molecule has 0 saturated heterocycles. The average molecular weight is 274 g/mol. The van der Waals surface area contributed by atoms with Gasteiger partial charge in [0.15, 0.2) is 11.5 Å². The third kappa shape index (κ3) is 2.42. The predicted octanol–water partition coefficient (Wildman–Crippen LogP) is 2.82. The fourth-order valence-corrected chi connectivity index (χ4v) is 1.88. The second kappa shape index (κ2) is 5.21. The number of esters is 1. The van der Waals surface area contributed by atoms with Gasteiger partial charge in [-0.1, -0.05) is 12.1 Å². The molecular weight excluding hydrogens is 263 g/mol. The first-order chi connectivity index (χ1) is 9.74. The quantitative estimate of drug-likeness (QED) is 0.624. The van der Waals surface area contributed by atoms with E-state index in [4.69, 9.17) is 14.2 Å². The minimum Gasteiger partial charge on any atom is -0.486 e. The molecule has 1 aliphatic rings. The highest BCUT2D eigenvalue weighted by atomic mass is 19.1. The fourth-order valence-electron chi connectivity index (χ4n) is 1.88. The molecule has 3 rings (SSSR count). The molecule has 0 spiro atoms. The Labute approximate surface area is 114 Å². The number of ether oxygens (including phenoxy) is 3. The minimum absolute atomic E-state index is 0.109. The maximum Gasteiger partial charge on any atom is 0.346 e. The second-order valence-corrected chi connectivity index (χ2v) is 4.17. The second-order valence-electron chi connectivity index (χ2n) is 4.17. The number of benzene rings is 2. The Morgan fingerprint density at radius 2 is 1.80 bits per heavy atom. The summed E-state index contributed by atoms with van der Waals surface area (Å²) in [6.07, 6.45) is 0. The van der Waals surface area contributed by atoms with Crippen LogP contribution >= 0.6 is 0 Å². The van der Waals surface area contributed by atoms with Crippen molar-refractivity contribution in [2.75, 3.05) is 13.2 Å². The number of hydrogen-bond donors (Lipinski definition) is 0. The smallest absolute Gasteiger partial charge is 0.346 e. The maximum atomic E-state index is 13.5. The van der Waals surface area contributed by atoms with E-state index in [0.717, 1.165) is 0 Å². The van der Waals surface area contributed by atoms with E-state index < -0.39 is 11.8 Å². The normalized spacial score (nSPS) is 12.8. The van der Waals surface area contributed by atoms with Gasteiger partial charge in [-0.15, -0.1) is 0 Å². The Morgan fingerprint density at radius 3 is 2.60 bits per heavy atom. The van der Waals surface area contributed by atoms with Crippen molar-refractivity contribution in [1.82, 2.24) is 0 Å². The summed E-state index contributed by atoms with van der Waals surface area (Å²) in [5.41, 5.74) is -0.109. The van der Waals surface area contributed by atoms with Crippen molar-refractivity contribution in [3.8, 4) is 17.2 Å². The summed E-state index contributed by atoms with van der Waals surface area (Å²) in [4.78, 5) is 11.9. The lowest BCUT2D eigenvalue weighted by molar-refractivity contribution is 0.0728. The summed E-state index contributed by atoms with van der Waals surface area (Å²) in [6.45, 7) is 0.930. The fraction of sp³-hybridized carbons (Fsp3) is 0.133. The molecule has 0 fully saturated rings. The Balaban J connectivity index is 1.81. The van der Waals surface area contributed by atoms with Crippen LogP contribution in [0.1, 0.15) is 10.4 Å². The van der Waals surface area contributed by atoms with E-state index in [-0.39, 0.29) is 11.3 Å². The average Bonchev–Trinajstić information content (AvgIpc) is 2.47. The van der Waals surface area contributed by atoms with Gasteiger partial charge in [0.25, 0.3) is 0 Å². The van der Waals surface area contributed by atoms with Gasteiger partial charge in [0.05, 0.1) is 5.56 Å². The SMILES string of the molecule is O=C(Oc1ccc2c(c1)OCCO2)c1ccccc1F. The Morgan fingerprint density at radius 1 is 1.05 bits per heavy atom. The summed E-state index contributed by atoms with van der Waals surface area (Å²) in [5.74, 6) is 0.0225. The summed E-state index contributed by atoms with van der Waals surface area (Å²) in [7, 11) is 0. The van der Waals surface area contributed by atoms with Crippen molar-refractivity contribution in [3.63, 3.8) is 0 Å². The van der Waals surface area contributed by atoms with Crippen LogP contribution in [0.5, 0.6) is 17.2 Å². The lowest BCUT2D eigenvalue weighted by Crippen LogP contribution is -2.16. The van der Waals surface area contributed by atoms with Gasteiger partial charge in [-0.2, -0.15) is 0 Å². The molecule has 0 aromatic heterocycles. The van der Waals surface area contributed by atoms with Gasteiger partial charge in [0.1, 0.15) is 24.8 Å². The molecule has 20 heavy (non-hydrogen) atoms. The Kier molecular flexibility index (Phi) is 3.25. The highest BCUT2D eigenvalue weighted by Gasteiger charge is 2.16. The lowest BCUT2D eigenvalue weighted by Gasteiger charge is -2.18. The zero-order chi connectivity index (χ0) is 13.9. The summed E-state index contributed by atoms with van der Waals surface area (Å²) < 4.78 is 29.3. The molecule has 0 saturated carbocycles. The maximum absolute atomic E-state index is 13.5. The van der Waals surface area contributed by atoms with E-state index in [0.29, 0.717) is 24.7 Å². The van der Waals surface area contributed by atoms with Gasteiger partial charge < -0.3 is 14.2 Å². The molecule has 0 radical (unpaired) electrons. The third-order valence-corrected chi connectivity index (χ3v) is 2.82.